The summed E-state index contributed by atoms with van der Waals surface area (Å²) in [5.74, 6) is -4.96. The van der Waals surface area contributed by atoms with E-state index in [2.05, 4.69) is 42.2 Å². The quantitative estimate of drug-likeness (QED) is 0.0294. The van der Waals surface area contributed by atoms with Gasteiger partial charge in [0.2, 0.25) is 35.4 Å². The van der Waals surface area contributed by atoms with Crippen molar-refractivity contribution in [3.63, 3.8) is 0 Å². The first-order valence-electron chi connectivity index (χ1n) is 39.6. The number of carbonyl (C=O) groups is 6. The van der Waals surface area contributed by atoms with Gasteiger partial charge in [0.25, 0.3) is 0 Å². The van der Waals surface area contributed by atoms with Crippen LogP contribution in [0.25, 0.3) is 0 Å². The number of carbonyl (C=O) groups excluding carboxylic acids is 6. The van der Waals surface area contributed by atoms with Gasteiger partial charge in [0.15, 0.2) is 50.3 Å². The number of hydrogen-bond donors (Lipinski definition) is 30. The van der Waals surface area contributed by atoms with Crippen LogP contribution in [0.1, 0.15) is 41.5 Å². The second kappa shape index (κ2) is 46.1. The van der Waals surface area contributed by atoms with Crippen LogP contribution >= 0.6 is 0 Å². The van der Waals surface area contributed by atoms with Crippen LogP contribution in [0.5, 0.6) is 0 Å². The normalized spacial score (nSPS) is 42.5. The Balaban J connectivity index is 1.13. The van der Waals surface area contributed by atoms with Crippen LogP contribution in [-0.2, 0) is 105 Å². The summed E-state index contributed by atoms with van der Waals surface area (Å²) in [5.41, 5.74) is 0. The maximum Gasteiger partial charge on any atom is 0.217 e. The highest BCUT2D eigenvalue weighted by molar-refractivity contribution is 5.75. The largest absolute Gasteiger partial charge is 0.394 e. The van der Waals surface area contributed by atoms with Crippen LogP contribution in [0.2, 0.25) is 0 Å². The van der Waals surface area contributed by atoms with E-state index >= 15 is 0 Å². The van der Waals surface area contributed by atoms with Crippen molar-refractivity contribution in [3.05, 3.63) is 24.4 Å². The Labute approximate surface area is 705 Å². The zero-order valence-corrected chi connectivity index (χ0v) is 67.5. The fourth-order valence-electron chi connectivity index (χ4n) is 15.3. The predicted molar refractivity (Wildman–Crippen MR) is 394 cm³/mol. The third-order valence-corrected chi connectivity index (χ3v) is 21.8. The molecule has 0 unspecified atom stereocenters. The molecule has 0 spiro atoms. The lowest BCUT2D eigenvalue weighted by atomic mass is 9.94. The first-order chi connectivity index (χ1) is 58.7. The number of hydrogen-bond acceptors (Lipinski definition) is 47. The maximum absolute atomic E-state index is 13.3. The number of rotatable bonds is 37. The number of ether oxygens (including phenoxy) is 16. The number of anilines is 1. The Morgan fingerprint density at radius 3 is 1.09 bits per heavy atom. The highest BCUT2D eigenvalue weighted by atomic mass is 16.8. The van der Waals surface area contributed by atoms with Crippen LogP contribution in [-0.4, -0.2) is 494 Å². The molecule has 710 valence electrons. The fourth-order valence-corrected chi connectivity index (χ4v) is 15.3. The summed E-state index contributed by atoms with van der Waals surface area (Å²) in [6.07, 6.45) is -79.8. The molecule has 53 nitrogen and oxygen atoms in total. The Bertz CT molecular complexity index is 3520. The van der Waals surface area contributed by atoms with Gasteiger partial charge < -0.3 is 230 Å². The fraction of sp³-hybridized carbons (Fsp3) is 0.845. The molecule has 6 amide bonds. The molecule has 0 bridgehead atoms. The average Bonchev–Trinajstić information content (AvgIpc) is 0.770. The molecule has 0 aromatic carbocycles. The summed E-state index contributed by atoms with van der Waals surface area (Å²) in [6.45, 7) is -4.31. The van der Waals surface area contributed by atoms with E-state index in [1.807, 2.05) is 0 Å². The molecule has 1 aromatic heterocycles. The minimum Gasteiger partial charge on any atom is -0.394 e. The minimum absolute atomic E-state index is 0.230. The van der Waals surface area contributed by atoms with Crippen LogP contribution in [0, 0.1) is 0 Å². The smallest absolute Gasteiger partial charge is 0.217 e. The Kier molecular flexibility index (Phi) is 37.9. The number of nitrogens with zero attached hydrogens (tertiary/aromatic N) is 1. The molecule has 124 heavy (non-hydrogen) atoms. The molecule has 8 fully saturated rings. The molecule has 8 aliphatic rings. The molecular weight excluding hydrogens is 1680 g/mol. The van der Waals surface area contributed by atoms with Gasteiger partial charge >= 0.3 is 0 Å². The van der Waals surface area contributed by atoms with Crippen molar-refractivity contribution < 1.29 is 222 Å². The molecule has 0 aliphatic carbocycles. The lowest BCUT2D eigenvalue weighted by molar-refractivity contribution is -0.397. The maximum atomic E-state index is 13.3. The van der Waals surface area contributed by atoms with Gasteiger partial charge in [-0.05, 0) is 12.1 Å². The van der Waals surface area contributed by atoms with Crippen LogP contribution < -0.4 is 37.2 Å². The van der Waals surface area contributed by atoms with Crippen molar-refractivity contribution in [2.75, 3.05) is 71.3 Å². The molecule has 1 aromatic rings. The second-order valence-corrected chi connectivity index (χ2v) is 30.9. The zero-order chi connectivity index (χ0) is 91.3. The number of amides is 6. The van der Waals surface area contributed by atoms with E-state index in [1.54, 1.807) is 12.1 Å². The van der Waals surface area contributed by atoms with E-state index in [0.717, 1.165) is 41.5 Å². The van der Waals surface area contributed by atoms with Crippen LogP contribution in [0.3, 0.4) is 0 Å². The molecule has 8 saturated heterocycles. The van der Waals surface area contributed by atoms with Crippen LogP contribution in [0.4, 0.5) is 5.82 Å². The van der Waals surface area contributed by atoms with Gasteiger partial charge in [-0.25, -0.2) is 4.98 Å². The summed E-state index contributed by atoms with van der Waals surface area (Å²) in [4.78, 5) is 80.5. The van der Waals surface area contributed by atoms with Gasteiger partial charge in [-0.15, -0.1) is 0 Å². The number of nitrogens with one attached hydrogen (secondary N) is 7. The Morgan fingerprint density at radius 1 is 0.355 bits per heavy atom. The molecule has 0 saturated carbocycles. The number of aliphatic hydroxyl groups is 23. The van der Waals surface area contributed by atoms with Crippen molar-refractivity contribution in [2.45, 2.75) is 311 Å². The van der Waals surface area contributed by atoms with Crippen molar-refractivity contribution in [1.82, 2.24) is 36.9 Å². The lowest BCUT2D eigenvalue weighted by Gasteiger charge is -2.51. The number of pyridine rings is 1. The van der Waals surface area contributed by atoms with Crippen molar-refractivity contribution in [3.8, 4) is 0 Å². The second-order valence-electron chi connectivity index (χ2n) is 30.9. The molecule has 44 atom stereocenters. The lowest BCUT2D eigenvalue weighted by Crippen LogP contribution is -2.70. The molecule has 9 heterocycles. The third kappa shape index (κ3) is 24.6. The molecule has 30 N–H and O–H groups in total. The molecule has 8 aliphatic heterocycles. The molecule has 9 rings (SSSR count). The first kappa shape index (κ1) is 102. The van der Waals surface area contributed by atoms with Crippen molar-refractivity contribution >= 4 is 41.3 Å². The summed E-state index contributed by atoms with van der Waals surface area (Å²) in [7, 11) is 0. The average molecular weight is 1800 g/mol. The molecule has 0 radical (unpaired) electrons. The van der Waals surface area contributed by atoms with E-state index in [1.165, 1.54) is 12.3 Å². The van der Waals surface area contributed by atoms with Crippen LogP contribution in [0.15, 0.2) is 24.4 Å². The minimum atomic E-state index is -2.67. The summed E-state index contributed by atoms with van der Waals surface area (Å²) >= 11 is 0. The summed E-state index contributed by atoms with van der Waals surface area (Å²) in [5, 5.41) is 279. The van der Waals surface area contributed by atoms with Gasteiger partial charge in [-0.1, -0.05) is 6.07 Å². The molecule has 53 heteroatoms. The monoisotopic (exact) mass is 1800 g/mol. The van der Waals surface area contributed by atoms with Gasteiger partial charge in [0, 0.05) is 54.3 Å². The van der Waals surface area contributed by atoms with E-state index in [0.29, 0.717) is 0 Å². The highest BCUT2D eigenvalue weighted by Crippen LogP contribution is 2.39. The van der Waals surface area contributed by atoms with E-state index in [-0.39, 0.29) is 12.4 Å². The van der Waals surface area contributed by atoms with Gasteiger partial charge in [-0.3, -0.25) is 28.8 Å². The number of aromatic nitrogens is 1. The standard InChI is InChI=1S/C71H116N8O45/c1-21(86)74-27(11-73-37-9-7-8-10-72-37)43(93)59(28(92)12-80)120-68-42(79-26(6)91)55(105)60(33(17-85)116-68)121-69-58(108)61(122-71-63(124-67-41(78-25(5)90)54(104)47(97)32(16-84)115-67)57(107)49(99)35(119-71)19-110-65-39(76-23(3)88)52(102)45(95)30(14-82)113-65)50(100)36(117-69)20-111-70-62(123-66-40(77-24(4)89)53(103)46(96)31(15-83)114-66)56(106)48(98)34(118-70)18-109-64-38(75-22(2)87)51(101)44(94)29(13-81)112-64/h7-10,27-36,38-71,80-85,92-108H,11-20H2,1-6H3,(H,72,73)(H,74,86)(H,75,87)(H,76,88)(H,77,89)(H,78,90)(H,79,91)/t27-,28+,29+,30+,31+,32+,33+,34+,35+,36+,38+,39+,40+,41+,42+,43+,44+,45+,46+,47+,48+,49+,50+,51+,52+,53+,54+,55+,56-,57-,58-,59+,60+,61-,62-,63-,64+,65+,66-,67-,68-,69-,70-,71+/m0/s1. The van der Waals surface area contributed by atoms with E-state index in [4.69, 9.17) is 75.8 Å². The van der Waals surface area contributed by atoms with Gasteiger partial charge in [0.05, 0.1) is 65.5 Å². The summed E-state index contributed by atoms with van der Waals surface area (Å²) < 4.78 is 97.3. The van der Waals surface area contributed by atoms with Gasteiger partial charge in [-0.2, -0.15) is 0 Å². The zero-order valence-electron chi connectivity index (χ0n) is 67.5. The predicted octanol–water partition coefficient (Wildman–Crippen LogP) is -18.6. The van der Waals surface area contributed by atoms with Crippen molar-refractivity contribution in [1.29, 1.82) is 0 Å². The highest BCUT2D eigenvalue weighted by Gasteiger charge is 2.60. The third-order valence-electron chi connectivity index (χ3n) is 21.8. The topological polar surface area (TPSA) is 812 Å². The van der Waals surface area contributed by atoms with Gasteiger partial charge in [0.1, 0.15) is 219 Å². The first-order valence-corrected chi connectivity index (χ1v) is 39.6. The Hall–Kier alpha value is -5.79. The SMILES string of the molecule is CC(=O)N[C@H]1[C@H](O[C@@H]([C@H](O)[C@H](CNc2ccccn2)NC(C)=O)[C@H](O)CO)O[C@H](CO)[C@@H](O[C@@H]2O[C@H](CO[C@H]3O[C@H](CO[C@@H]4O[C@H](CO)[C@@H](O)[C@H](O)[C@H]4NC(C)=O)[C@@H](O)[C@H](O)[C@@H]3O[C@@H]3O[C@H](CO)[C@@H](O)[C@H](O)[C@H]3NC(C)=O)[C@@H](O)[C@H](O[C@H]3O[C@H](CO[C@@H]4O[C@H](CO)[C@@H](O)[C@H](O)[C@H]4NC(C)=O)[C@@H](O)[C@H](O)[C@@H]3O[C@@H]3O[C@H](CO)[C@@H](O)[C@H](O)[C@H]3NC(C)=O)[C@@H]2O)[C@@H]1O. The molecular formula is C71H116N8O45. The summed E-state index contributed by atoms with van der Waals surface area (Å²) in [6, 6.07) is -5.82. The Morgan fingerprint density at radius 2 is 0.694 bits per heavy atom. The number of aliphatic hydroxyl groups excluding tert-OH is 23. The van der Waals surface area contributed by atoms with E-state index in [9.17, 15) is 146 Å². The van der Waals surface area contributed by atoms with E-state index < -0.39 is 365 Å². The van der Waals surface area contributed by atoms with Crippen molar-refractivity contribution in [2.24, 2.45) is 0 Å².